The zero-order valence-electron chi connectivity index (χ0n) is 10.4. The molecule has 3 rings (SSSR count). The lowest BCUT2D eigenvalue weighted by Crippen LogP contribution is -1.89. The minimum atomic E-state index is 0.601. The molecule has 2 aromatic heterocycles. The van der Waals surface area contributed by atoms with Gasteiger partial charge in [-0.2, -0.15) is 0 Å². The molecule has 0 atom stereocenters. The molecule has 0 aliphatic heterocycles. The largest absolute Gasteiger partial charge is 0.444 e. The number of pyridine rings is 1. The minimum Gasteiger partial charge on any atom is -0.444 e. The van der Waals surface area contributed by atoms with Gasteiger partial charge in [0.2, 0.25) is 5.71 Å². The summed E-state index contributed by atoms with van der Waals surface area (Å²) in [6.45, 7) is 4.03. The van der Waals surface area contributed by atoms with Crippen molar-refractivity contribution in [3.8, 4) is 11.1 Å². The molecule has 0 amide bonds. The molecule has 0 bridgehead atoms. The van der Waals surface area contributed by atoms with Gasteiger partial charge in [0.25, 0.3) is 0 Å². The predicted octanol–water partition coefficient (Wildman–Crippen LogP) is 3.69. The Labute approximate surface area is 105 Å². The second kappa shape index (κ2) is 3.88. The molecule has 2 N–H and O–H groups in total. The highest BCUT2D eigenvalue weighted by atomic mass is 16.3. The molecule has 0 spiro atoms. The van der Waals surface area contributed by atoms with Gasteiger partial charge in [0.05, 0.1) is 11.1 Å². The minimum absolute atomic E-state index is 0.601. The number of anilines is 1. The molecule has 2 heterocycles. The molecular formula is C15H14N2O. The van der Waals surface area contributed by atoms with Crippen LogP contribution in [-0.4, -0.2) is 4.98 Å². The lowest BCUT2D eigenvalue weighted by molar-refractivity contribution is 0.603. The van der Waals surface area contributed by atoms with E-state index in [9.17, 15) is 0 Å². The first kappa shape index (κ1) is 10.8. The molecule has 3 heteroatoms. The van der Waals surface area contributed by atoms with Crippen LogP contribution in [0.2, 0.25) is 0 Å². The molecule has 3 nitrogen and oxygen atoms in total. The normalized spacial score (nSPS) is 11.0. The van der Waals surface area contributed by atoms with Crippen molar-refractivity contribution in [3.63, 3.8) is 0 Å². The molecule has 3 aromatic rings. The van der Waals surface area contributed by atoms with Gasteiger partial charge < -0.3 is 10.2 Å². The number of nitrogens with zero attached hydrogens (tertiary/aromatic N) is 1. The number of hydrogen-bond acceptors (Lipinski definition) is 3. The van der Waals surface area contributed by atoms with Gasteiger partial charge in [0.15, 0.2) is 0 Å². The van der Waals surface area contributed by atoms with Crippen LogP contribution >= 0.6 is 0 Å². The van der Waals surface area contributed by atoms with E-state index >= 15 is 0 Å². The third kappa shape index (κ3) is 1.64. The van der Waals surface area contributed by atoms with E-state index in [1.54, 1.807) is 6.26 Å². The molecule has 0 unspecified atom stereocenters. The first-order valence-corrected chi connectivity index (χ1v) is 5.86. The summed E-state index contributed by atoms with van der Waals surface area (Å²) in [6, 6.07) is 10.4. The summed E-state index contributed by atoms with van der Waals surface area (Å²) in [5.41, 5.74) is 11.6. The zero-order valence-corrected chi connectivity index (χ0v) is 10.4. The second-order valence-electron chi connectivity index (χ2n) is 4.55. The summed E-state index contributed by atoms with van der Waals surface area (Å²) in [7, 11) is 0. The van der Waals surface area contributed by atoms with Crippen molar-refractivity contribution >= 4 is 16.8 Å². The maximum atomic E-state index is 5.97. The number of rotatable bonds is 1. The van der Waals surface area contributed by atoms with Gasteiger partial charge in [-0.15, -0.1) is 0 Å². The van der Waals surface area contributed by atoms with Crippen LogP contribution in [0.3, 0.4) is 0 Å². The van der Waals surface area contributed by atoms with E-state index in [4.69, 9.17) is 10.2 Å². The van der Waals surface area contributed by atoms with Gasteiger partial charge >= 0.3 is 0 Å². The highest BCUT2D eigenvalue weighted by Crippen LogP contribution is 2.33. The van der Waals surface area contributed by atoms with Crippen LogP contribution in [0.25, 0.3) is 22.2 Å². The average Bonchev–Trinajstić information content (AvgIpc) is 2.70. The van der Waals surface area contributed by atoms with Gasteiger partial charge in [0, 0.05) is 5.69 Å². The van der Waals surface area contributed by atoms with Crippen LogP contribution in [0.15, 0.2) is 41.0 Å². The maximum absolute atomic E-state index is 5.97. The Kier molecular flexibility index (Phi) is 2.33. The number of benzene rings is 1. The fraction of sp³-hybridized carbons (Fsp3) is 0.133. The van der Waals surface area contributed by atoms with Gasteiger partial charge in [-0.25, -0.2) is 4.98 Å². The molecular weight excluding hydrogens is 224 g/mol. The van der Waals surface area contributed by atoms with E-state index in [0.29, 0.717) is 11.4 Å². The predicted molar refractivity (Wildman–Crippen MR) is 73.3 cm³/mol. The van der Waals surface area contributed by atoms with Crippen molar-refractivity contribution in [2.45, 2.75) is 13.8 Å². The zero-order chi connectivity index (χ0) is 12.7. The van der Waals surface area contributed by atoms with Crippen LogP contribution < -0.4 is 5.73 Å². The molecule has 0 saturated heterocycles. The van der Waals surface area contributed by atoms with Crippen LogP contribution in [0, 0.1) is 13.8 Å². The van der Waals surface area contributed by atoms with Crippen molar-refractivity contribution in [2.24, 2.45) is 0 Å². The molecule has 0 saturated carbocycles. The SMILES string of the molecule is Cc1cccc(-c2cc(C)nc3occ(N)c23)c1. The lowest BCUT2D eigenvalue weighted by atomic mass is 10.0. The van der Waals surface area contributed by atoms with E-state index in [-0.39, 0.29) is 0 Å². The number of fused-ring (bicyclic) bond motifs is 1. The Morgan fingerprint density at radius 1 is 1.17 bits per heavy atom. The highest BCUT2D eigenvalue weighted by Gasteiger charge is 2.12. The summed E-state index contributed by atoms with van der Waals surface area (Å²) >= 11 is 0. The fourth-order valence-corrected chi connectivity index (χ4v) is 2.23. The van der Waals surface area contributed by atoms with Crippen molar-refractivity contribution in [3.05, 3.63) is 47.9 Å². The Hall–Kier alpha value is -2.29. The first-order chi connectivity index (χ1) is 8.65. The van der Waals surface area contributed by atoms with Gasteiger partial charge in [-0.3, -0.25) is 0 Å². The molecule has 0 radical (unpaired) electrons. The molecule has 0 aliphatic carbocycles. The molecule has 0 fully saturated rings. The third-order valence-electron chi connectivity index (χ3n) is 3.03. The highest BCUT2D eigenvalue weighted by molar-refractivity contribution is 6.00. The summed E-state index contributed by atoms with van der Waals surface area (Å²) < 4.78 is 5.39. The third-order valence-corrected chi connectivity index (χ3v) is 3.03. The van der Waals surface area contributed by atoms with Crippen molar-refractivity contribution in [1.82, 2.24) is 4.98 Å². The summed E-state index contributed by atoms with van der Waals surface area (Å²) in [5.74, 6) is 0. The van der Waals surface area contributed by atoms with Crippen molar-refractivity contribution < 1.29 is 4.42 Å². The van der Waals surface area contributed by atoms with E-state index in [1.807, 2.05) is 19.1 Å². The van der Waals surface area contributed by atoms with Crippen LogP contribution in [-0.2, 0) is 0 Å². The van der Waals surface area contributed by atoms with Crippen LogP contribution in [0.1, 0.15) is 11.3 Å². The molecule has 0 aliphatic rings. The number of nitrogen functional groups attached to an aromatic ring is 1. The monoisotopic (exact) mass is 238 g/mol. The first-order valence-electron chi connectivity index (χ1n) is 5.86. The summed E-state index contributed by atoms with van der Waals surface area (Å²) in [6.07, 6.45) is 1.55. The Balaban J connectivity index is 2.37. The van der Waals surface area contributed by atoms with Gasteiger partial charge in [0.1, 0.15) is 6.26 Å². The summed E-state index contributed by atoms with van der Waals surface area (Å²) in [5, 5.41) is 0.895. The molecule has 18 heavy (non-hydrogen) atoms. The van der Waals surface area contributed by atoms with Gasteiger partial charge in [-0.05, 0) is 31.0 Å². The number of aromatic nitrogens is 1. The van der Waals surface area contributed by atoms with Gasteiger partial charge in [-0.1, -0.05) is 29.8 Å². The maximum Gasteiger partial charge on any atom is 0.228 e. The number of aryl methyl sites for hydroxylation is 2. The second-order valence-corrected chi connectivity index (χ2v) is 4.55. The lowest BCUT2D eigenvalue weighted by Gasteiger charge is -2.06. The summed E-state index contributed by atoms with van der Waals surface area (Å²) in [4.78, 5) is 4.36. The topological polar surface area (TPSA) is 52.0 Å². The average molecular weight is 238 g/mol. The van der Waals surface area contributed by atoms with Crippen molar-refractivity contribution in [2.75, 3.05) is 5.73 Å². The number of furan rings is 1. The van der Waals surface area contributed by atoms with E-state index in [1.165, 1.54) is 5.56 Å². The Morgan fingerprint density at radius 3 is 2.78 bits per heavy atom. The number of nitrogens with two attached hydrogens (primary N) is 1. The molecule has 90 valence electrons. The number of hydrogen-bond donors (Lipinski definition) is 1. The van der Waals surface area contributed by atoms with E-state index in [2.05, 4.69) is 30.1 Å². The standard InChI is InChI=1S/C15H14N2O/c1-9-4-3-5-11(6-9)12-7-10(2)17-15-14(12)13(16)8-18-15/h3-8H,16H2,1-2H3. The van der Waals surface area contributed by atoms with E-state index < -0.39 is 0 Å². The van der Waals surface area contributed by atoms with E-state index in [0.717, 1.165) is 22.2 Å². The smallest absolute Gasteiger partial charge is 0.228 e. The quantitative estimate of drug-likeness (QED) is 0.703. The molecule has 1 aromatic carbocycles. The Bertz CT molecular complexity index is 728. The van der Waals surface area contributed by atoms with Crippen LogP contribution in [0.4, 0.5) is 5.69 Å². The fourth-order valence-electron chi connectivity index (χ4n) is 2.23. The Morgan fingerprint density at radius 2 is 2.00 bits per heavy atom. The van der Waals surface area contributed by atoms with Crippen molar-refractivity contribution in [1.29, 1.82) is 0 Å². The van der Waals surface area contributed by atoms with Crippen LogP contribution in [0.5, 0.6) is 0 Å².